The summed E-state index contributed by atoms with van der Waals surface area (Å²) in [5, 5.41) is 4.88. The van der Waals surface area contributed by atoms with E-state index in [2.05, 4.69) is 12.2 Å². The van der Waals surface area contributed by atoms with E-state index >= 15 is 0 Å². The maximum absolute atomic E-state index is 11.8. The molecule has 1 rings (SSSR count). The van der Waals surface area contributed by atoms with Gasteiger partial charge in [-0.05, 0) is 18.8 Å². The molecule has 0 aliphatic heterocycles. The average Bonchev–Trinajstić information content (AvgIpc) is 2.24. The van der Waals surface area contributed by atoms with Crippen LogP contribution >= 0.6 is 0 Å². The lowest BCUT2D eigenvalue weighted by atomic mass is 9.86. The second-order valence-corrected chi connectivity index (χ2v) is 4.64. The van der Waals surface area contributed by atoms with Crippen LogP contribution in [0.4, 0.5) is 13.2 Å². The number of rotatable bonds is 4. The van der Waals surface area contributed by atoms with E-state index in [4.69, 9.17) is 0 Å². The zero-order valence-corrected chi connectivity index (χ0v) is 9.94. The summed E-state index contributed by atoms with van der Waals surface area (Å²) < 4.78 is 35.5. The molecule has 1 saturated carbocycles. The molecule has 2 unspecified atom stereocenters. The van der Waals surface area contributed by atoms with Crippen molar-refractivity contribution in [3.05, 3.63) is 0 Å². The van der Waals surface area contributed by atoms with Gasteiger partial charge >= 0.3 is 6.18 Å². The topological polar surface area (TPSA) is 41.1 Å². The Balaban J connectivity index is 2.19. The van der Waals surface area contributed by atoms with Crippen LogP contribution in [0.1, 0.15) is 32.6 Å². The number of carbonyl (C=O) groups is 1. The highest BCUT2D eigenvalue weighted by molar-refractivity contribution is 5.78. The van der Waals surface area contributed by atoms with Gasteiger partial charge in [0.05, 0.1) is 6.54 Å². The highest BCUT2D eigenvalue weighted by Gasteiger charge is 2.28. The van der Waals surface area contributed by atoms with Crippen LogP contribution in [-0.4, -0.2) is 31.2 Å². The fraction of sp³-hybridized carbons (Fsp3) is 0.909. The second kappa shape index (κ2) is 6.23. The first-order valence-corrected chi connectivity index (χ1v) is 5.95. The number of amides is 1. The second-order valence-electron chi connectivity index (χ2n) is 4.64. The van der Waals surface area contributed by atoms with E-state index in [-0.39, 0.29) is 12.6 Å². The van der Waals surface area contributed by atoms with Crippen molar-refractivity contribution in [3.63, 3.8) is 0 Å². The van der Waals surface area contributed by atoms with Gasteiger partial charge in [0.1, 0.15) is 6.54 Å². The third-order valence-electron chi connectivity index (χ3n) is 3.12. The van der Waals surface area contributed by atoms with E-state index in [1.807, 2.05) is 5.32 Å². The zero-order chi connectivity index (χ0) is 12.9. The van der Waals surface area contributed by atoms with Crippen LogP contribution in [-0.2, 0) is 4.79 Å². The smallest absolute Gasteiger partial charge is 0.346 e. The Bertz CT molecular complexity index is 256. The molecule has 0 aromatic rings. The van der Waals surface area contributed by atoms with E-state index in [0.29, 0.717) is 5.92 Å². The summed E-state index contributed by atoms with van der Waals surface area (Å²) in [7, 11) is 0. The molecule has 100 valence electrons. The number of nitrogens with one attached hydrogen (secondary N) is 2. The van der Waals surface area contributed by atoms with E-state index in [9.17, 15) is 18.0 Å². The fourth-order valence-electron chi connectivity index (χ4n) is 2.10. The van der Waals surface area contributed by atoms with E-state index < -0.39 is 18.6 Å². The van der Waals surface area contributed by atoms with Crippen LogP contribution in [0.5, 0.6) is 0 Å². The normalized spacial score (nSPS) is 25.6. The number of hydrogen-bond acceptors (Lipinski definition) is 2. The van der Waals surface area contributed by atoms with Gasteiger partial charge in [0.25, 0.3) is 0 Å². The summed E-state index contributed by atoms with van der Waals surface area (Å²) in [4.78, 5) is 11.2. The summed E-state index contributed by atoms with van der Waals surface area (Å²) in [6, 6.07) is 0.250. The highest BCUT2D eigenvalue weighted by atomic mass is 19.4. The highest BCUT2D eigenvalue weighted by Crippen LogP contribution is 2.23. The predicted octanol–water partition coefficient (Wildman–Crippen LogP) is 1.83. The standard InChI is InChI=1S/C11H19F3N2O/c1-8-4-2-3-5-9(8)15-6-10(17)16-7-11(12,13)14/h8-9,15H,2-7H2,1H3,(H,16,17). The maximum Gasteiger partial charge on any atom is 0.405 e. The average molecular weight is 252 g/mol. The Kier molecular flexibility index (Phi) is 5.24. The molecule has 2 N–H and O–H groups in total. The Morgan fingerprint density at radius 3 is 2.53 bits per heavy atom. The molecular formula is C11H19F3N2O. The van der Waals surface area contributed by atoms with Gasteiger partial charge in [-0.3, -0.25) is 4.79 Å². The quantitative estimate of drug-likeness (QED) is 0.801. The molecule has 17 heavy (non-hydrogen) atoms. The van der Waals surface area contributed by atoms with E-state index in [1.165, 1.54) is 6.42 Å². The molecule has 0 heterocycles. The molecule has 0 aromatic heterocycles. The van der Waals surface area contributed by atoms with Crippen LogP contribution in [0.15, 0.2) is 0 Å². The van der Waals surface area contributed by atoms with Crippen molar-refractivity contribution in [2.45, 2.75) is 44.8 Å². The maximum atomic E-state index is 11.8. The van der Waals surface area contributed by atoms with Gasteiger partial charge < -0.3 is 10.6 Å². The molecule has 3 nitrogen and oxygen atoms in total. The lowest BCUT2D eigenvalue weighted by Crippen LogP contribution is -2.45. The van der Waals surface area contributed by atoms with Crippen molar-refractivity contribution >= 4 is 5.91 Å². The third-order valence-corrected chi connectivity index (χ3v) is 3.12. The summed E-state index contributed by atoms with van der Waals surface area (Å²) in [5.41, 5.74) is 0. The first-order valence-electron chi connectivity index (χ1n) is 5.95. The molecule has 1 amide bonds. The van der Waals surface area contributed by atoms with Gasteiger partial charge in [0.2, 0.25) is 5.91 Å². The lowest BCUT2D eigenvalue weighted by Gasteiger charge is -2.29. The minimum Gasteiger partial charge on any atom is -0.346 e. The number of alkyl halides is 3. The number of carbonyl (C=O) groups excluding carboxylic acids is 1. The first kappa shape index (κ1) is 14.3. The summed E-state index contributed by atoms with van der Waals surface area (Å²) >= 11 is 0. The van der Waals surface area contributed by atoms with Gasteiger partial charge in [-0.25, -0.2) is 0 Å². The molecule has 1 aliphatic carbocycles. The summed E-state index contributed by atoms with van der Waals surface area (Å²) in [6.07, 6.45) is 0.0785. The van der Waals surface area contributed by atoms with Crippen molar-refractivity contribution in [2.75, 3.05) is 13.1 Å². The summed E-state index contributed by atoms with van der Waals surface area (Å²) in [5.74, 6) is -0.112. The lowest BCUT2D eigenvalue weighted by molar-refractivity contribution is -0.138. The largest absolute Gasteiger partial charge is 0.405 e. The molecule has 0 aromatic carbocycles. The van der Waals surface area contributed by atoms with E-state index in [1.54, 1.807) is 0 Å². The fourth-order valence-corrected chi connectivity index (χ4v) is 2.10. The molecule has 1 fully saturated rings. The zero-order valence-electron chi connectivity index (χ0n) is 9.94. The van der Waals surface area contributed by atoms with Gasteiger partial charge in [0, 0.05) is 6.04 Å². The SMILES string of the molecule is CC1CCCCC1NCC(=O)NCC(F)(F)F. The van der Waals surface area contributed by atoms with Gasteiger partial charge in [-0.15, -0.1) is 0 Å². The molecule has 2 atom stereocenters. The number of hydrogen-bond donors (Lipinski definition) is 2. The van der Waals surface area contributed by atoms with Crippen LogP contribution in [0.3, 0.4) is 0 Å². The molecule has 6 heteroatoms. The molecule has 0 radical (unpaired) electrons. The number of halogens is 3. The molecule has 0 spiro atoms. The Morgan fingerprint density at radius 2 is 1.94 bits per heavy atom. The van der Waals surface area contributed by atoms with Crippen LogP contribution in [0.25, 0.3) is 0 Å². The van der Waals surface area contributed by atoms with Crippen molar-refractivity contribution in [1.29, 1.82) is 0 Å². The van der Waals surface area contributed by atoms with Crippen molar-refractivity contribution in [3.8, 4) is 0 Å². The van der Waals surface area contributed by atoms with Crippen molar-refractivity contribution in [2.24, 2.45) is 5.92 Å². The molecule has 0 bridgehead atoms. The molecular weight excluding hydrogens is 233 g/mol. The monoisotopic (exact) mass is 252 g/mol. The van der Waals surface area contributed by atoms with Crippen molar-refractivity contribution < 1.29 is 18.0 Å². The van der Waals surface area contributed by atoms with Gasteiger partial charge in [0.15, 0.2) is 0 Å². The third kappa shape index (κ3) is 5.91. The van der Waals surface area contributed by atoms with Crippen LogP contribution < -0.4 is 10.6 Å². The van der Waals surface area contributed by atoms with Gasteiger partial charge in [-0.2, -0.15) is 13.2 Å². The van der Waals surface area contributed by atoms with E-state index in [0.717, 1.165) is 19.3 Å². The first-order chi connectivity index (χ1) is 7.88. The minimum absolute atomic E-state index is 0.0366. The minimum atomic E-state index is -4.34. The Hall–Kier alpha value is -0.780. The Morgan fingerprint density at radius 1 is 1.29 bits per heavy atom. The summed E-state index contributed by atoms with van der Waals surface area (Å²) in [6.45, 7) is 0.809. The van der Waals surface area contributed by atoms with Gasteiger partial charge in [-0.1, -0.05) is 19.8 Å². The van der Waals surface area contributed by atoms with Crippen LogP contribution in [0, 0.1) is 5.92 Å². The Labute approximate surface area is 99.1 Å². The predicted molar refractivity (Wildman–Crippen MR) is 58.5 cm³/mol. The van der Waals surface area contributed by atoms with Crippen molar-refractivity contribution in [1.82, 2.24) is 10.6 Å². The molecule has 0 saturated heterocycles. The van der Waals surface area contributed by atoms with Crippen LogP contribution in [0.2, 0.25) is 0 Å². The molecule has 1 aliphatic rings.